The summed E-state index contributed by atoms with van der Waals surface area (Å²) in [6.45, 7) is 4.12. The van der Waals surface area contributed by atoms with Crippen molar-refractivity contribution < 1.29 is 9.90 Å². The number of H-pyrrole nitrogens is 1. The largest absolute Gasteiger partial charge is 0.477 e. The van der Waals surface area contributed by atoms with E-state index in [-0.39, 0.29) is 17.0 Å². The van der Waals surface area contributed by atoms with Gasteiger partial charge in [-0.1, -0.05) is 13.8 Å². The maximum absolute atomic E-state index is 11.2. The number of aromatic nitrogens is 2. The predicted octanol–water partition coefficient (Wildman–Crippen LogP) is 0.982. The van der Waals surface area contributed by atoms with Crippen LogP contribution < -0.4 is 5.56 Å². The Balaban J connectivity index is 2.42. The third-order valence-corrected chi connectivity index (χ3v) is 2.82. The summed E-state index contributed by atoms with van der Waals surface area (Å²) in [7, 11) is 0. The van der Waals surface area contributed by atoms with Crippen LogP contribution in [0.4, 0.5) is 0 Å². The van der Waals surface area contributed by atoms with Crippen molar-refractivity contribution in [3.63, 3.8) is 0 Å². The topological polar surface area (TPSA) is 83.0 Å². The highest BCUT2D eigenvalue weighted by atomic mass is 16.4. The van der Waals surface area contributed by atoms with E-state index < -0.39 is 11.5 Å². The average Bonchev–Trinajstić information content (AvgIpc) is 2.74. The molecule has 1 heterocycles. The average molecular weight is 208 g/mol. The van der Waals surface area contributed by atoms with Crippen LogP contribution in [0.2, 0.25) is 0 Å². The molecule has 0 bridgehead atoms. The Hall–Kier alpha value is -1.65. The van der Waals surface area contributed by atoms with Crippen LogP contribution in [0.25, 0.3) is 0 Å². The molecule has 1 aromatic heterocycles. The highest BCUT2D eigenvalue weighted by molar-refractivity contribution is 5.85. The Kier molecular flexibility index (Phi) is 1.92. The number of carbonyl (C=O) groups is 1. The fourth-order valence-corrected chi connectivity index (χ4v) is 1.69. The normalized spacial score (nSPS) is 22.4. The first-order chi connectivity index (χ1) is 6.90. The van der Waals surface area contributed by atoms with Gasteiger partial charge in [0.15, 0.2) is 5.69 Å². The van der Waals surface area contributed by atoms with Crippen LogP contribution in [-0.2, 0) is 0 Å². The molecule has 0 radical (unpaired) electrons. The minimum absolute atomic E-state index is 0.118. The van der Waals surface area contributed by atoms with Crippen LogP contribution in [0, 0.1) is 5.41 Å². The van der Waals surface area contributed by atoms with Gasteiger partial charge < -0.3 is 10.1 Å². The smallest absolute Gasteiger partial charge is 0.354 e. The number of carboxylic acids is 1. The summed E-state index contributed by atoms with van der Waals surface area (Å²) < 4.78 is 0. The quantitative estimate of drug-likeness (QED) is 0.758. The summed E-state index contributed by atoms with van der Waals surface area (Å²) in [5, 5.41) is 8.75. The van der Waals surface area contributed by atoms with E-state index in [0.717, 1.165) is 12.5 Å². The van der Waals surface area contributed by atoms with E-state index in [4.69, 9.17) is 5.11 Å². The van der Waals surface area contributed by atoms with Gasteiger partial charge in [0, 0.05) is 12.0 Å². The van der Waals surface area contributed by atoms with Crippen LogP contribution in [-0.4, -0.2) is 21.0 Å². The number of nitrogens with zero attached hydrogens (tertiary/aromatic N) is 1. The molecule has 0 aliphatic heterocycles. The van der Waals surface area contributed by atoms with Crippen molar-refractivity contribution in [1.82, 2.24) is 9.97 Å². The van der Waals surface area contributed by atoms with E-state index in [1.54, 1.807) is 0 Å². The Morgan fingerprint density at radius 2 is 2.27 bits per heavy atom. The highest BCUT2D eigenvalue weighted by Gasteiger charge is 2.48. The molecule has 0 aromatic carbocycles. The lowest BCUT2D eigenvalue weighted by atomic mass is 10.1. The number of hydrogen-bond donors (Lipinski definition) is 2. The molecule has 2 N–H and O–H groups in total. The molecule has 0 saturated heterocycles. The van der Waals surface area contributed by atoms with Crippen molar-refractivity contribution in [3.05, 3.63) is 27.9 Å². The number of carboxylic acid groups (broad SMARTS) is 1. The molecule has 1 fully saturated rings. The lowest BCUT2D eigenvalue weighted by molar-refractivity contribution is 0.0689. The fourth-order valence-electron chi connectivity index (χ4n) is 1.69. The van der Waals surface area contributed by atoms with Crippen LogP contribution >= 0.6 is 0 Å². The molecule has 80 valence electrons. The molecule has 5 nitrogen and oxygen atoms in total. The third-order valence-electron chi connectivity index (χ3n) is 2.82. The van der Waals surface area contributed by atoms with Gasteiger partial charge in [0.2, 0.25) is 0 Å². The summed E-state index contributed by atoms with van der Waals surface area (Å²) in [5.41, 5.74) is -0.468. The summed E-state index contributed by atoms with van der Waals surface area (Å²) in [4.78, 5) is 28.4. The van der Waals surface area contributed by atoms with Crippen LogP contribution in [0.1, 0.15) is 42.5 Å². The summed E-state index contributed by atoms with van der Waals surface area (Å²) in [6, 6.07) is 1.00. The van der Waals surface area contributed by atoms with Gasteiger partial charge in [0.05, 0.1) is 0 Å². The van der Waals surface area contributed by atoms with Gasteiger partial charge in [-0.2, -0.15) is 0 Å². The fraction of sp³-hybridized carbons (Fsp3) is 0.500. The molecular weight excluding hydrogens is 196 g/mol. The number of aromatic amines is 1. The second-order valence-electron chi connectivity index (χ2n) is 4.57. The van der Waals surface area contributed by atoms with E-state index in [9.17, 15) is 9.59 Å². The molecule has 1 saturated carbocycles. The first-order valence-corrected chi connectivity index (χ1v) is 4.75. The molecule has 1 aliphatic carbocycles. The standard InChI is InChI=1S/C10H12N2O3/c1-10(2)4-5(10)8-11-6(9(14)15)3-7(13)12-8/h3,5H,4H2,1-2H3,(H,14,15)(H,11,12,13). The van der Waals surface area contributed by atoms with Crippen molar-refractivity contribution in [2.45, 2.75) is 26.2 Å². The SMILES string of the molecule is CC1(C)CC1c1nc(C(=O)O)cc(=O)[nH]1. The van der Waals surface area contributed by atoms with Gasteiger partial charge >= 0.3 is 5.97 Å². The lowest BCUT2D eigenvalue weighted by Gasteiger charge is -2.03. The van der Waals surface area contributed by atoms with Crippen LogP contribution in [0.5, 0.6) is 0 Å². The molecule has 1 unspecified atom stereocenters. The monoisotopic (exact) mass is 208 g/mol. The van der Waals surface area contributed by atoms with Gasteiger partial charge in [0.25, 0.3) is 5.56 Å². The zero-order valence-corrected chi connectivity index (χ0v) is 8.57. The Bertz CT molecular complexity index is 476. The first kappa shape index (κ1) is 9.89. The zero-order valence-electron chi connectivity index (χ0n) is 8.57. The molecule has 5 heteroatoms. The van der Waals surface area contributed by atoms with Crippen molar-refractivity contribution in [2.75, 3.05) is 0 Å². The summed E-state index contributed by atoms with van der Waals surface area (Å²) in [6.07, 6.45) is 0.930. The van der Waals surface area contributed by atoms with Crippen LogP contribution in [0.3, 0.4) is 0 Å². The van der Waals surface area contributed by atoms with Crippen molar-refractivity contribution in [3.8, 4) is 0 Å². The molecule has 2 rings (SSSR count). The van der Waals surface area contributed by atoms with E-state index >= 15 is 0 Å². The third kappa shape index (κ3) is 1.77. The molecule has 1 aliphatic rings. The van der Waals surface area contributed by atoms with Crippen molar-refractivity contribution in [2.24, 2.45) is 5.41 Å². The van der Waals surface area contributed by atoms with E-state index in [1.165, 1.54) is 0 Å². The molecule has 0 spiro atoms. The first-order valence-electron chi connectivity index (χ1n) is 4.75. The molecule has 1 atom stereocenters. The van der Waals surface area contributed by atoms with Gasteiger partial charge in [0.1, 0.15) is 5.82 Å². The maximum Gasteiger partial charge on any atom is 0.354 e. The maximum atomic E-state index is 11.2. The summed E-state index contributed by atoms with van der Waals surface area (Å²) in [5.74, 6) is -0.504. The molecular formula is C10H12N2O3. The van der Waals surface area contributed by atoms with Crippen molar-refractivity contribution in [1.29, 1.82) is 0 Å². The Morgan fingerprint density at radius 1 is 1.67 bits per heavy atom. The number of nitrogens with one attached hydrogen (secondary N) is 1. The second kappa shape index (κ2) is 2.92. The molecule has 0 amide bonds. The number of rotatable bonds is 2. The number of aromatic carboxylic acids is 1. The Morgan fingerprint density at radius 3 is 2.73 bits per heavy atom. The molecule has 1 aromatic rings. The van der Waals surface area contributed by atoms with Gasteiger partial charge in [-0.15, -0.1) is 0 Å². The van der Waals surface area contributed by atoms with Gasteiger partial charge in [-0.25, -0.2) is 9.78 Å². The minimum Gasteiger partial charge on any atom is -0.477 e. The van der Waals surface area contributed by atoms with Gasteiger partial charge in [-0.05, 0) is 11.8 Å². The zero-order chi connectivity index (χ0) is 11.2. The summed E-state index contributed by atoms with van der Waals surface area (Å²) >= 11 is 0. The predicted molar refractivity (Wildman–Crippen MR) is 53.0 cm³/mol. The molecule has 15 heavy (non-hydrogen) atoms. The van der Waals surface area contributed by atoms with E-state index in [0.29, 0.717) is 5.82 Å². The second-order valence-corrected chi connectivity index (χ2v) is 4.57. The van der Waals surface area contributed by atoms with Crippen LogP contribution in [0.15, 0.2) is 10.9 Å². The van der Waals surface area contributed by atoms with E-state index in [2.05, 4.69) is 23.8 Å². The van der Waals surface area contributed by atoms with Gasteiger partial charge in [-0.3, -0.25) is 4.79 Å². The minimum atomic E-state index is -1.17. The van der Waals surface area contributed by atoms with E-state index in [1.807, 2.05) is 0 Å². The lowest BCUT2D eigenvalue weighted by Crippen LogP contribution is -2.15. The Labute approximate surface area is 86.2 Å². The number of hydrogen-bond acceptors (Lipinski definition) is 3. The highest BCUT2D eigenvalue weighted by Crippen LogP contribution is 2.57. The van der Waals surface area contributed by atoms with Crippen molar-refractivity contribution >= 4 is 5.97 Å².